The van der Waals surface area contributed by atoms with Crippen molar-refractivity contribution >= 4 is 70.1 Å². The van der Waals surface area contributed by atoms with Gasteiger partial charge in [-0.2, -0.15) is 0 Å². The second kappa shape index (κ2) is 9.37. The molecule has 188 valence electrons. The number of hydrogen-bond donors (Lipinski definition) is 0. The summed E-state index contributed by atoms with van der Waals surface area (Å²) in [5.74, 6) is 0. The molecule has 0 radical (unpaired) electrons. The van der Waals surface area contributed by atoms with E-state index in [0.29, 0.717) is 0 Å². The van der Waals surface area contributed by atoms with Gasteiger partial charge in [0.05, 0.1) is 0 Å². The van der Waals surface area contributed by atoms with E-state index in [9.17, 15) is 0 Å². The molecule has 2 heteroatoms. The number of thiophene rings is 1. The van der Waals surface area contributed by atoms with Crippen molar-refractivity contribution in [2.75, 3.05) is 4.90 Å². The normalized spacial score (nSPS) is 11.5. The fraction of sp³-hybridized carbons (Fsp3) is 0. The highest BCUT2D eigenvalue weighted by Gasteiger charge is 2.17. The largest absolute Gasteiger partial charge is 0.310 e. The van der Waals surface area contributed by atoms with Crippen molar-refractivity contribution < 1.29 is 0 Å². The molecule has 0 N–H and O–H groups in total. The Morgan fingerprint density at radius 3 is 1.88 bits per heavy atom. The van der Waals surface area contributed by atoms with Crippen LogP contribution in [0.3, 0.4) is 0 Å². The summed E-state index contributed by atoms with van der Waals surface area (Å²) >= 11 is 1.89. The fourth-order valence-electron chi connectivity index (χ4n) is 5.92. The van der Waals surface area contributed by atoms with E-state index in [1.54, 1.807) is 0 Å². The standard InChI is InChI=1S/C38H25NS/c1-3-12-27(13-4-1)34-25-36-35-24-31(21-22-37(35)40-38(36)33-18-10-9-17-32(33)34)39(29-15-5-2-6-16-29)30-20-19-26-11-7-8-14-28(26)23-30/h1-25H. The first-order chi connectivity index (χ1) is 19.8. The van der Waals surface area contributed by atoms with Crippen LogP contribution < -0.4 is 4.90 Å². The smallest absolute Gasteiger partial charge is 0.0468 e. The first-order valence-electron chi connectivity index (χ1n) is 13.6. The van der Waals surface area contributed by atoms with E-state index < -0.39 is 0 Å². The van der Waals surface area contributed by atoms with Gasteiger partial charge in [0.1, 0.15) is 0 Å². The average Bonchev–Trinajstić information content (AvgIpc) is 3.40. The average molecular weight is 528 g/mol. The van der Waals surface area contributed by atoms with Gasteiger partial charge in [-0.3, -0.25) is 0 Å². The van der Waals surface area contributed by atoms with E-state index in [0.717, 1.165) is 17.1 Å². The third-order valence-corrected chi connectivity index (χ3v) is 9.03. The maximum atomic E-state index is 2.40. The van der Waals surface area contributed by atoms with Gasteiger partial charge < -0.3 is 4.90 Å². The third-order valence-electron chi connectivity index (χ3n) is 7.81. The van der Waals surface area contributed by atoms with Gasteiger partial charge in [-0.15, -0.1) is 11.3 Å². The number of rotatable bonds is 4. The van der Waals surface area contributed by atoms with Gasteiger partial charge in [0, 0.05) is 42.6 Å². The number of nitrogens with zero attached hydrogens (tertiary/aromatic N) is 1. The summed E-state index contributed by atoms with van der Waals surface area (Å²) in [4.78, 5) is 2.37. The highest BCUT2D eigenvalue weighted by Crippen LogP contribution is 2.45. The van der Waals surface area contributed by atoms with Gasteiger partial charge in [-0.1, -0.05) is 103 Å². The molecule has 1 heterocycles. The molecule has 0 bridgehead atoms. The Kier molecular flexibility index (Phi) is 5.39. The minimum atomic E-state index is 1.15. The summed E-state index contributed by atoms with van der Waals surface area (Å²) in [6, 6.07) is 54.9. The Bertz CT molecular complexity index is 2160. The van der Waals surface area contributed by atoms with Crippen molar-refractivity contribution in [1.82, 2.24) is 0 Å². The predicted octanol–water partition coefficient (Wildman–Crippen LogP) is 11.5. The summed E-state index contributed by atoms with van der Waals surface area (Å²) in [5.41, 5.74) is 5.98. The van der Waals surface area contributed by atoms with Crippen molar-refractivity contribution in [1.29, 1.82) is 0 Å². The van der Waals surface area contributed by atoms with Crippen LogP contribution in [0.15, 0.2) is 152 Å². The van der Waals surface area contributed by atoms with Crippen LogP contribution in [0.25, 0.3) is 52.8 Å². The molecule has 0 amide bonds. The van der Waals surface area contributed by atoms with Crippen LogP contribution in [-0.2, 0) is 0 Å². The van der Waals surface area contributed by atoms with Gasteiger partial charge >= 0.3 is 0 Å². The fourth-order valence-corrected chi connectivity index (χ4v) is 7.12. The van der Waals surface area contributed by atoms with Crippen LogP contribution in [0.5, 0.6) is 0 Å². The second-order valence-corrected chi connectivity index (χ2v) is 11.2. The van der Waals surface area contributed by atoms with Gasteiger partial charge in [-0.05, 0) is 75.8 Å². The lowest BCUT2D eigenvalue weighted by Gasteiger charge is -2.26. The van der Waals surface area contributed by atoms with Crippen molar-refractivity contribution in [3.8, 4) is 11.1 Å². The topological polar surface area (TPSA) is 3.24 Å². The predicted molar refractivity (Wildman–Crippen MR) is 174 cm³/mol. The molecule has 1 nitrogen and oxygen atoms in total. The zero-order valence-electron chi connectivity index (χ0n) is 21.8. The molecular weight excluding hydrogens is 502 g/mol. The maximum absolute atomic E-state index is 2.40. The summed E-state index contributed by atoms with van der Waals surface area (Å²) in [6.07, 6.45) is 0. The molecule has 0 saturated heterocycles. The molecule has 0 atom stereocenters. The highest BCUT2D eigenvalue weighted by molar-refractivity contribution is 7.26. The van der Waals surface area contributed by atoms with Crippen molar-refractivity contribution in [3.63, 3.8) is 0 Å². The van der Waals surface area contributed by atoms with Crippen molar-refractivity contribution in [2.45, 2.75) is 0 Å². The summed E-state index contributed by atoms with van der Waals surface area (Å²) in [5, 5.41) is 7.71. The molecule has 0 fully saturated rings. The van der Waals surface area contributed by atoms with Gasteiger partial charge in [-0.25, -0.2) is 0 Å². The Balaban J connectivity index is 1.39. The molecular formula is C38H25NS. The van der Waals surface area contributed by atoms with Crippen LogP contribution in [0.1, 0.15) is 0 Å². The molecule has 40 heavy (non-hydrogen) atoms. The van der Waals surface area contributed by atoms with E-state index >= 15 is 0 Å². The minimum Gasteiger partial charge on any atom is -0.310 e. The summed E-state index contributed by atoms with van der Waals surface area (Å²) in [7, 11) is 0. The van der Waals surface area contributed by atoms with Crippen LogP contribution >= 0.6 is 11.3 Å². The van der Waals surface area contributed by atoms with Crippen LogP contribution in [-0.4, -0.2) is 0 Å². The molecule has 7 aromatic carbocycles. The zero-order valence-corrected chi connectivity index (χ0v) is 22.6. The number of anilines is 3. The first-order valence-corrected chi connectivity index (χ1v) is 14.4. The molecule has 0 aliphatic carbocycles. The zero-order chi connectivity index (χ0) is 26.5. The maximum Gasteiger partial charge on any atom is 0.0468 e. The minimum absolute atomic E-state index is 1.15. The van der Waals surface area contributed by atoms with Crippen molar-refractivity contribution in [3.05, 3.63) is 152 Å². The quantitative estimate of drug-likeness (QED) is 0.220. The Morgan fingerprint density at radius 1 is 0.400 bits per heavy atom. The van der Waals surface area contributed by atoms with Gasteiger partial charge in [0.2, 0.25) is 0 Å². The van der Waals surface area contributed by atoms with Crippen molar-refractivity contribution in [2.24, 2.45) is 0 Å². The Labute approximate surface area is 237 Å². The Morgan fingerprint density at radius 2 is 1.05 bits per heavy atom. The van der Waals surface area contributed by atoms with Gasteiger partial charge in [0.25, 0.3) is 0 Å². The lowest BCUT2D eigenvalue weighted by molar-refractivity contribution is 1.30. The number of para-hydroxylation sites is 1. The van der Waals surface area contributed by atoms with E-state index in [1.807, 2.05) is 11.3 Å². The first kappa shape index (κ1) is 23.0. The molecule has 0 unspecified atom stereocenters. The monoisotopic (exact) mass is 527 g/mol. The number of fused-ring (bicyclic) bond motifs is 6. The van der Waals surface area contributed by atoms with E-state index in [-0.39, 0.29) is 0 Å². The number of benzene rings is 7. The highest BCUT2D eigenvalue weighted by atomic mass is 32.1. The molecule has 1 aromatic heterocycles. The Hall–Kier alpha value is -4.92. The van der Waals surface area contributed by atoms with Crippen LogP contribution in [0.2, 0.25) is 0 Å². The summed E-state index contributed by atoms with van der Waals surface area (Å²) < 4.78 is 2.65. The lowest BCUT2D eigenvalue weighted by Crippen LogP contribution is -2.09. The molecule has 0 spiro atoms. The molecule has 0 saturated carbocycles. The molecule has 8 rings (SSSR count). The molecule has 0 aliphatic heterocycles. The SMILES string of the molecule is c1ccc(-c2cc3c4cc(N(c5ccccc5)c5ccc6ccccc6c5)ccc4sc3c3ccccc23)cc1. The molecule has 8 aromatic rings. The van der Waals surface area contributed by atoms with Crippen LogP contribution in [0, 0.1) is 0 Å². The van der Waals surface area contributed by atoms with E-state index in [4.69, 9.17) is 0 Å². The number of hydrogen-bond acceptors (Lipinski definition) is 2. The van der Waals surface area contributed by atoms with Gasteiger partial charge in [0.15, 0.2) is 0 Å². The van der Waals surface area contributed by atoms with E-state index in [2.05, 4.69) is 157 Å². The third kappa shape index (κ3) is 3.77. The van der Waals surface area contributed by atoms with Crippen LogP contribution in [0.4, 0.5) is 17.1 Å². The lowest BCUT2D eigenvalue weighted by atomic mass is 9.95. The second-order valence-electron chi connectivity index (χ2n) is 10.2. The molecule has 0 aliphatic rings. The van der Waals surface area contributed by atoms with E-state index in [1.165, 1.54) is 52.8 Å². The summed E-state index contributed by atoms with van der Waals surface area (Å²) in [6.45, 7) is 0.